The molecule has 8 heteroatoms. The SMILES string of the molecule is CN(C)CC(=O)Nc1cc(C(=O)NO)cc(-c2ccc(C#Cc3cccnc3)cc2)n1. The van der Waals surface area contributed by atoms with Crippen molar-refractivity contribution in [1.82, 2.24) is 20.3 Å². The summed E-state index contributed by atoms with van der Waals surface area (Å²) in [5.74, 6) is 5.34. The fourth-order valence-electron chi connectivity index (χ4n) is 2.71. The van der Waals surface area contributed by atoms with Crippen molar-refractivity contribution in [3.8, 4) is 23.1 Å². The lowest BCUT2D eigenvalue weighted by Crippen LogP contribution is -2.27. The Bertz CT molecular complexity index is 1130. The number of hydrogen-bond acceptors (Lipinski definition) is 6. The van der Waals surface area contributed by atoms with Crippen molar-refractivity contribution < 1.29 is 14.8 Å². The lowest BCUT2D eigenvalue weighted by Gasteiger charge is -2.12. The molecule has 0 saturated heterocycles. The molecule has 0 bridgehead atoms. The minimum atomic E-state index is -0.703. The highest BCUT2D eigenvalue weighted by atomic mass is 16.5. The van der Waals surface area contributed by atoms with Crippen LogP contribution in [-0.2, 0) is 4.79 Å². The fraction of sp³-hybridized carbons (Fsp3) is 0.130. The quantitative estimate of drug-likeness (QED) is 0.335. The zero-order valence-corrected chi connectivity index (χ0v) is 17.1. The Morgan fingerprint density at radius 3 is 2.45 bits per heavy atom. The number of benzene rings is 1. The number of hydroxylamine groups is 1. The maximum atomic E-state index is 12.1. The van der Waals surface area contributed by atoms with Gasteiger partial charge >= 0.3 is 0 Å². The van der Waals surface area contributed by atoms with E-state index in [4.69, 9.17) is 5.21 Å². The predicted octanol–water partition coefficient (Wildman–Crippen LogP) is 2.16. The summed E-state index contributed by atoms with van der Waals surface area (Å²) in [5.41, 5.74) is 4.57. The van der Waals surface area contributed by atoms with Crippen LogP contribution in [0.15, 0.2) is 60.9 Å². The second-order valence-electron chi connectivity index (χ2n) is 6.92. The third-order valence-electron chi connectivity index (χ3n) is 4.11. The Balaban J connectivity index is 1.88. The van der Waals surface area contributed by atoms with Gasteiger partial charge in [-0.05, 0) is 50.5 Å². The van der Waals surface area contributed by atoms with Gasteiger partial charge in [0, 0.05) is 34.6 Å². The molecule has 0 atom stereocenters. The highest BCUT2D eigenvalue weighted by Gasteiger charge is 2.13. The molecule has 3 N–H and O–H groups in total. The minimum absolute atomic E-state index is 0.160. The Morgan fingerprint density at radius 2 is 1.81 bits per heavy atom. The first-order valence-corrected chi connectivity index (χ1v) is 9.38. The first kappa shape index (κ1) is 21.6. The van der Waals surface area contributed by atoms with Crippen molar-refractivity contribution in [2.75, 3.05) is 26.0 Å². The van der Waals surface area contributed by atoms with Gasteiger partial charge in [0.1, 0.15) is 5.82 Å². The van der Waals surface area contributed by atoms with Crippen LogP contribution < -0.4 is 10.8 Å². The molecule has 0 aliphatic rings. The van der Waals surface area contributed by atoms with Crippen LogP contribution in [0.3, 0.4) is 0 Å². The van der Waals surface area contributed by atoms with Crippen LogP contribution in [0.5, 0.6) is 0 Å². The molecule has 0 radical (unpaired) electrons. The number of nitrogens with one attached hydrogen (secondary N) is 2. The van der Waals surface area contributed by atoms with E-state index in [1.54, 1.807) is 36.9 Å². The van der Waals surface area contributed by atoms with Gasteiger partial charge in [-0.1, -0.05) is 24.0 Å². The highest BCUT2D eigenvalue weighted by Crippen LogP contribution is 2.22. The molecule has 156 valence electrons. The van der Waals surface area contributed by atoms with Crippen LogP contribution in [0.2, 0.25) is 0 Å². The average Bonchev–Trinajstić information content (AvgIpc) is 2.77. The van der Waals surface area contributed by atoms with Crippen LogP contribution in [0.4, 0.5) is 5.82 Å². The van der Waals surface area contributed by atoms with Gasteiger partial charge in [-0.2, -0.15) is 0 Å². The van der Waals surface area contributed by atoms with Crippen molar-refractivity contribution in [2.24, 2.45) is 0 Å². The molecule has 2 aromatic heterocycles. The molecule has 2 amide bonds. The van der Waals surface area contributed by atoms with E-state index in [-0.39, 0.29) is 23.8 Å². The maximum Gasteiger partial charge on any atom is 0.274 e. The number of pyridine rings is 2. The Hall–Kier alpha value is -4.06. The van der Waals surface area contributed by atoms with Crippen molar-refractivity contribution in [2.45, 2.75) is 0 Å². The largest absolute Gasteiger partial charge is 0.310 e. The molecular formula is C23H21N5O3. The van der Waals surface area contributed by atoms with Gasteiger partial charge in [-0.3, -0.25) is 19.8 Å². The normalized spacial score (nSPS) is 10.2. The van der Waals surface area contributed by atoms with Gasteiger partial charge in [0.15, 0.2) is 0 Å². The second-order valence-corrected chi connectivity index (χ2v) is 6.92. The van der Waals surface area contributed by atoms with Gasteiger partial charge in [-0.15, -0.1) is 0 Å². The van der Waals surface area contributed by atoms with E-state index in [0.717, 1.165) is 16.7 Å². The summed E-state index contributed by atoms with van der Waals surface area (Å²) < 4.78 is 0. The molecule has 31 heavy (non-hydrogen) atoms. The Labute approximate surface area is 179 Å². The summed E-state index contributed by atoms with van der Waals surface area (Å²) in [6.07, 6.45) is 3.38. The van der Waals surface area contributed by atoms with Crippen molar-refractivity contribution in [1.29, 1.82) is 0 Å². The molecule has 2 heterocycles. The summed E-state index contributed by atoms with van der Waals surface area (Å²) in [5, 5.41) is 11.7. The first-order valence-electron chi connectivity index (χ1n) is 9.38. The smallest absolute Gasteiger partial charge is 0.274 e. The van der Waals surface area contributed by atoms with Crippen LogP contribution in [0.1, 0.15) is 21.5 Å². The van der Waals surface area contributed by atoms with Gasteiger partial charge in [0.2, 0.25) is 5.91 Å². The van der Waals surface area contributed by atoms with Gasteiger partial charge < -0.3 is 10.2 Å². The van der Waals surface area contributed by atoms with E-state index < -0.39 is 5.91 Å². The monoisotopic (exact) mass is 415 g/mol. The molecule has 0 saturated carbocycles. The summed E-state index contributed by atoms with van der Waals surface area (Å²) in [6, 6.07) is 13.9. The molecule has 8 nitrogen and oxygen atoms in total. The molecule has 0 fully saturated rings. The summed E-state index contributed by atoms with van der Waals surface area (Å²) in [7, 11) is 3.54. The molecule has 0 unspecified atom stereocenters. The molecule has 1 aromatic carbocycles. The third kappa shape index (κ3) is 6.21. The van der Waals surface area contributed by atoms with Gasteiger partial charge in [0.25, 0.3) is 5.91 Å². The molecular weight excluding hydrogens is 394 g/mol. The van der Waals surface area contributed by atoms with Crippen molar-refractivity contribution in [3.63, 3.8) is 0 Å². The zero-order valence-electron chi connectivity index (χ0n) is 17.1. The number of carbonyl (C=O) groups excluding carboxylic acids is 2. The number of nitrogens with zero attached hydrogens (tertiary/aromatic N) is 3. The summed E-state index contributed by atoms with van der Waals surface area (Å²) in [6.45, 7) is 0.164. The number of anilines is 1. The first-order chi connectivity index (χ1) is 14.9. The maximum absolute atomic E-state index is 12.1. The molecule has 3 aromatic rings. The van der Waals surface area contributed by atoms with Gasteiger partial charge in [-0.25, -0.2) is 10.5 Å². The fourth-order valence-corrected chi connectivity index (χ4v) is 2.71. The topological polar surface area (TPSA) is 107 Å². The van der Waals surface area contributed by atoms with Crippen LogP contribution >= 0.6 is 0 Å². The lowest BCUT2D eigenvalue weighted by molar-refractivity contribution is -0.116. The zero-order chi connectivity index (χ0) is 22.2. The van der Waals surface area contributed by atoms with Crippen molar-refractivity contribution >= 4 is 17.6 Å². The van der Waals surface area contributed by atoms with E-state index in [0.29, 0.717) is 5.69 Å². The van der Waals surface area contributed by atoms with Crippen molar-refractivity contribution in [3.05, 3.63) is 77.6 Å². The van der Waals surface area contributed by atoms with Crippen LogP contribution in [-0.4, -0.2) is 52.5 Å². The second kappa shape index (κ2) is 10.1. The number of carbonyl (C=O) groups is 2. The Morgan fingerprint density at radius 1 is 1.06 bits per heavy atom. The van der Waals surface area contributed by atoms with Gasteiger partial charge in [0.05, 0.1) is 12.2 Å². The summed E-state index contributed by atoms with van der Waals surface area (Å²) >= 11 is 0. The minimum Gasteiger partial charge on any atom is -0.310 e. The lowest BCUT2D eigenvalue weighted by atomic mass is 10.1. The number of amides is 2. The third-order valence-corrected chi connectivity index (χ3v) is 4.11. The molecule has 0 spiro atoms. The van der Waals surface area contributed by atoms with E-state index in [1.807, 2.05) is 36.4 Å². The molecule has 0 aliphatic carbocycles. The predicted molar refractivity (Wildman–Crippen MR) is 116 cm³/mol. The van der Waals surface area contributed by atoms with E-state index in [9.17, 15) is 9.59 Å². The standard InChI is InChI=1S/C23H21N5O3/c1-28(2)15-22(29)26-21-13-19(23(30)27-31)12-20(25-21)18-9-7-16(8-10-18)5-6-17-4-3-11-24-14-17/h3-4,7-14,31H,15H2,1-2H3,(H,27,30)(H,25,26,29). The number of aromatic nitrogens is 2. The van der Waals surface area contributed by atoms with E-state index in [2.05, 4.69) is 27.1 Å². The van der Waals surface area contributed by atoms with Crippen LogP contribution in [0.25, 0.3) is 11.3 Å². The molecule has 0 aliphatic heterocycles. The van der Waals surface area contributed by atoms with E-state index >= 15 is 0 Å². The number of hydrogen-bond donors (Lipinski definition) is 3. The average molecular weight is 415 g/mol. The summed E-state index contributed by atoms with van der Waals surface area (Å²) in [4.78, 5) is 34.2. The van der Waals surface area contributed by atoms with E-state index in [1.165, 1.54) is 12.1 Å². The Kier molecular flexibility index (Phi) is 7.06. The van der Waals surface area contributed by atoms with Crippen LogP contribution in [0, 0.1) is 11.8 Å². The molecule has 3 rings (SSSR count). The number of rotatable bonds is 5. The highest BCUT2D eigenvalue weighted by molar-refractivity contribution is 5.97. The number of likely N-dealkylation sites (N-methyl/N-ethyl adjacent to an activating group) is 1.